The number of nitrogens with two attached hydrogens (primary N) is 1. The Hall–Kier alpha value is -1.25. The van der Waals surface area contributed by atoms with E-state index in [-0.39, 0.29) is 17.4 Å². The van der Waals surface area contributed by atoms with Gasteiger partial charge in [0.2, 0.25) is 11.0 Å². The maximum Gasteiger partial charge on any atom is 0.225 e. The molecule has 0 bridgehead atoms. The van der Waals surface area contributed by atoms with Crippen LogP contribution in [-0.2, 0) is 15.1 Å². The summed E-state index contributed by atoms with van der Waals surface area (Å²) in [6.45, 7) is 3.37. The second kappa shape index (κ2) is 7.76. The predicted molar refractivity (Wildman–Crippen MR) is 93.7 cm³/mol. The highest BCUT2D eigenvalue weighted by Crippen LogP contribution is 2.39. The number of rotatable bonds is 6. The Kier molecular flexibility index (Phi) is 5.68. The average Bonchev–Trinajstić information content (AvgIpc) is 3.23. The number of ether oxygens (including phenoxy) is 1. The van der Waals surface area contributed by atoms with Crippen LogP contribution in [0.2, 0.25) is 0 Å². The summed E-state index contributed by atoms with van der Waals surface area (Å²) in [5.74, 6) is 0.191. The van der Waals surface area contributed by atoms with E-state index in [9.17, 15) is 4.79 Å². The van der Waals surface area contributed by atoms with Crippen LogP contribution in [0.15, 0.2) is 0 Å². The molecular weight excluding hydrogens is 326 g/mol. The summed E-state index contributed by atoms with van der Waals surface area (Å²) in [6, 6.07) is 0. The molecule has 1 aromatic heterocycles. The van der Waals surface area contributed by atoms with Gasteiger partial charge in [-0.2, -0.15) is 0 Å². The summed E-state index contributed by atoms with van der Waals surface area (Å²) in [6.07, 6.45) is 6.17. The summed E-state index contributed by atoms with van der Waals surface area (Å²) in [4.78, 5) is 15.2. The van der Waals surface area contributed by atoms with Gasteiger partial charge in [-0.15, -0.1) is 10.2 Å². The molecule has 1 saturated carbocycles. The van der Waals surface area contributed by atoms with Gasteiger partial charge >= 0.3 is 0 Å². The monoisotopic (exact) mass is 353 g/mol. The highest BCUT2D eigenvalue weighted by molar-refractivity contribution is 7.15. The van der Waals surface area contributed by atoms with Crippen molar-refractivity contribution < 1.29 is 9.53 Å². The molecular formula is C16H27N5O2S. The number of hydrogen-bond acceptors (Lipinski definition) is 7. The normalized spacial score (nSPS) is 24.1. The van der Waals surface area contributed by atoms with Gasteiger partial charge in [-0.25, -0.2) is 0 Å². The van der Waals surface area contributed by atoms with Crippen molar-refractivity contribution in [2.45, 2.75) is 44.1 Å². The van der Waals surface area contributed by atoms with Crippen LogP contribution in [0.3, 0.4) is 0 Å². The molecule has 0 aromatic carbocycles. The van der Waals surface area contributed by atoms with Gasteiger partial charge in [-0.3, -0.25) is 4.79 Å². The van der Waals surface area contributed by atoms with Crippen molar-refractivity contribution in [3.8, 4) is 0 Å². The van der Waals surface area contributed by atoms with Crippen molar-refractivity contribution >= 4 is 22.4 Å². The van der Waals surface area contributed by atoms with E-state index in [2.05, 4.69) is 20.4 Å². The summed E-state index contributed by atoms with van der Waals surface area (Å²) in [5.41, 5.74) is 5.41. The van der Waals surface area contributed by atoms with Crippen LogP contribution in [0, 0.1) is 5.92 Å². The standard InChI is InChI=1S/C16H27N5O2S/c1-23-10-9-21-8-5-12(11-21)13(22)18-16(6-3-2-4-7-16)14-19-20-15(17)24-14/h12H,2-11H2,1H3,(H2,17,20)(H,18,22)/t12-/m1/s1. The third-order valence-corrected chi connectivity index (χ3v) is 6.13. The van der Waals surface area contributed by atoms with Crippen LogP contribution in [0.5, 0.6) is 0 Å². The van der Waals surface area contributed by atoms with Crippen LogP contribution in [0.25, 0.3) is 0 Å². The first kappa shape index (κ1) is 17.6. The smallest absolute Gasteiger partial charge is 0.225 e. The zero-order valence-corrected chi connectivity index (χ0v) is 15.1. The number of hydrogen-bond donors (Lipinski definition) is 2. The number of nitrogens with one attached hydrogen (secondary N) is 1. The number of nitrogen functional groups attached to an aromatic ring is 1. The topological polar surface area (TPSA) is 93.4 Å². The molecule has 1 atom stereocenters. The summed E-state index contributed by atoms with van der Waals surface area (Å²) < 4.78 is 5.13. The molecule has 134 valence electrons. The van der Waals surface area contributed by atoms with Gasteiger partial charge in [0.1, 0.15) is 5.01 Å². The van der Waals surface area contributed by atoms with Crippen molar-refractivity contribution in [3.05, 3.63) is 5.01 Å². The molecule has 24 heavy (non-hydrogen) atoms. The number of nitrogens with zero attached hydrogens (tertiary/aromatic N) is 3. The molecule has 3 rings (SSSR count). The van der Waals surface area contributed by atoms with Gasteiger partial charge in [0.15, 0.2) is 0 Å². The Balaban J connectivity index is 1.66. The fraction of sp³-hybridized carbons (Fsp3) is 0.812. The van der Waals surface area contributed by atoms with Crippen molar-refractivity contribution in [2.24, 2.45) is 5.92 Å². The van der Waals surface area contributed by atoms with E-state index in [1.54, 1.807) is 7.11 Å². The van der Waals surface area contributed by atoms with Gasteiger partial charge in [0.05, 0.1) is 18.1 Å². The molecule has 2 aliphatic rings. The van der Waals surface area contributed by atoms with E-state index in [1.165, 1.54) is 17.8 Å². The van der Waals surface area contributed by atoms with Crippen molar-refractivity contribution in [1.29, 1.82) is 0 Å². The lowest BCUT2D eigenvalue weighted by molar-refractivity contribution is -0.127. The first-order valence-electron chi connectivity index (χ1n) is 8.76. The Bertz CT molecular complexity index is 558. The number of anilines is 1. The summed E-state index contributed by atoms with van der Waals surface area (Å²) in [7, 11) is 1.71. The third-order valence-electron chi connectivity index (χ3n) is 5.17. The highest BCUT2D eigenvalue weighted by atomic mass is 32.1. The molecule has 2 fully saturated rings. The molecule has 0 spiro atoms. The second-order valence-corrected chi connectivity index (χ2v) is 7.87. The molecule has 7 nitrogen and oxygen atoms in total. The van der Waals surface area contributed by atoms with Gasteiger partial charge in [-0.1, -0.05) is 30.6 Å². The Morgan fingerprint density at radius 2 is 2.21 bits per heavy atom. The lowest BCUT2D eigenvalue weighted by atomic mass is 9.81. The second-order valence-electron chi connectivity index (χ2n) is 6.86. The molecule has 1 aromatic rings. The first-order valence-corrected chi connectivity index (χ1v) is 9.57. The molecule has 2 heterocycles. The minimum absolute atomic E-state index is 0.0472. The van der Waals surface area contributed by atoms with Crippen LogP contribution in [-0.4, -0.2) is 54.4 Å². The van der Waals surface area contributed by atoms with Crippen LogP contribution >= 0.6 is 11.3 Å². The molecule has 1 amide bonds. The zero-order chi connectivity index (χ0) is 17.0. The summed E-state index contributed by atoms with van der Waals surface area (Å²) >= 11 is 1.40. The number of carbonyl (C=O) groups excluding carboxylic acids is 1. The van der Waals surface area contributed by atoms with Gasteiger partial charge in [-0.05, 0) is 25.8 Å². The third kappa shape index (κ3) is 3.87. The van der Waals surface area contributed by atoms with E-state index >= 15 is 0 Å². The maximum atomic E-state index is 12.9. The lowest BCUT2D eigenvalue weighted by Crippen LogP contribution is -2.49. The number of carbonyl (C=O) groups is 1. The maximum absolute atomic E-state index is 12.9. The fourth-order valence-corrected chi connectivity index (χ4v) is 4.60. The van der Waals surface area contributed by atoms with Crippen LogP contribution in [0.4, 0.5) is 5.13 Å². The predicted octanol–water partition coefficient (Wildman–Crippen LogP) is 1.36. The Morgan fingerprint density at radius 1 is 1.42 bits per heavy atom. The molecule has 3 N–H and O–H groups in total. The van der Waals surface area contributed by atoms with Crippen molar-refractivity contribution in [2.75, 3.05) is 39.1 Å². The minimum Gasteiger partial charge on any atom is -0.383 e. The zero-order valence-electron chi connectivity index (χ0n) is 14.3. The van der Waals surface area contributed by atoms with E-state index in [4.69, 9.17) is 10.5 Å². The number of amides is 1. The fourth-order valence-electron chi connectivity index (χ4n) is 3.78. The molecule has 1 saturated heterocycles. The van der Waals surface area contributed by atoms with E-state index in [0.29, 0.717) is 11.7 Å². The van der Waals surface area contributed by atoms with E-state index in [1.807, 2.05) is 0 Å². The number of likely N-dealkylation sites (tertiary alicyclic amines) is 1. The number of aromatic nitrogens is 2. The van der Waals surface area contributed by atoms with Crippen LogP contribution in [0.1, 0.15) is 43.5 Å². The number of methoxy groups -OCH3 is 1. The minimum atomic E-state index is -0.370. The Morgan fingerprint density at radius 3 is 2.88 bits per heavy atom. The molecule has 0 unspecified atom stereocenters. The lowest BCUT2D eigenvalue weighted by Gasteiger charge is -2.36. The first-order chi connectivity index (χ1) is 11.6. The van der Waals surface area contributed by atoms with Crippen molar-refractivity contribution in [3.63, 3.8) is 0 Å². The molecule has 1 aliphatic carbocycles. The quantitative estimate of drug-likeness (QED) is 0.802. The largest absolute Gasteiger partial charge is 0.383 e. The Labute approximate surface area is 147 Å². The summed E-state index contributed by atoms with van der Waals surface area (Å²) in [5, 5.41) is 12.9. The molecule has 8 heteroatoms. The molecule has 0 radical (unpaired) electrons. The highest BCUT2D eigenvalue weighted by Gasteiger charge is 2.41. The van der Waals surface area contributed by atoms with E-state index < -0.39 is 0 Å². The van der Waals surface area contributed by atoms with Gasteiger partial charge in [0, 0.05) is 20.2 Å². The van der Waals surface area contributed by atoms with Crippen LogP contribution < -0.4 is 11.1 Å². The average molecular weight is 353 g/mol. The molecule has 1 aliphatic heterocycles. The van der Waals surface area contributed by atoms with E-state index in [0.717, 1.165) is 56.7 Å². The van der Waals surface area contributed by atoms with Gasteiger partial charge in [0.25, 0.3) is 0 Å². The van der Waals surface area contributed by atoms with Crippen molar-refractivity contribution in [1.82, 2.24) is 20.4 Å². The SMILES string of the molecule is COCCN1CC[C@@H](C(=O)NC2(c3nnc(N)s3)CCCCC2)C1. The van der Waals surface area contributed by atoms with Gasteiger partial charge < -0.3 is 20.7 Å².